The molecule has 1 atom stereocenters. The summed E-state index contributed by atoms with van der Waals surface area (Å²) >= 11 is 0. The van der Waals surface area contributed by atoms with Gasteiger partial charge >= 0.3 is 0 Å². The van der Waals surface area contributed by atoms with E-state index in [0.717, 1.165) is 18.9 Å². The van der Waals surface area contributed by atoms with Crippen LogP contribution in [0, 0.1) is 6.92 Å². The van der Waals surface area contributed by atoms with Crippen LogP contribution in [-0.4, -0.2) is 22.6 Å². The van der Waals surface area contributed by atoms with Crippen molar-refractivity contribution in [3.05, 3.63) is 42.2 Å². The number of rotatable bonds is 2. The molecule has 0 amide bonds. The zero-order valence-corrected chi connectivity index (χ0v) is 10.8. The third-order valence-electron chi connectivity index (χ3n) is 3.65. The Labute approximate surface area is 108 Å². The Kier molecular flexibility index (Phi) is 3.15. The summed E-state index contributed by atoms with van der Waals surface area (Å²) in [5, 5.41) is 3.48. The fourth-order valence-electron chi connectivity index (χ4n) is 2.76. The van der Waals surface area contributed by atoms with Gasteiger partial charge < -0.3 is 9.88 Å². The lowest BCUT2D eigenvalue weighted by Crippen LogP contribution is -2.32. The molecule has 18 heavy (non-hydrogen) atoms. The van der Waals surface area contributed by atoms with Crippen LogP contribution in [0.15, 0.2) is 36.5 Å². The Morgan fingerprint density at radius 2 is 2.11 bits per heavy atom. The van der Waals surface area contributed by atoms with Gasteiger partial charge in [0.25, 0.3) is 0 Å². The summed E-state index contributed by atoms with van der Waals surface area (Å²) in [5.74, 6) is 1.10. The van der Waals surface area contributed by atoms with Crippen molar-refractivity contribution in [2.45, 2.75) is 25.8 Å². The zero-order valence-electron chi connectivity index (χ0n) is 10.8. The molecular formula is C15H19N3. The van der Waals surface area contributed by atoms with Crippen molar-refractivity contribution < 1.29 is 0 Å². The van der Waals surface area contributed by atoms with Crippen LogP contribution in [-0.2, 0) is 0 Å². The number of hydrogen-bond donors (Lipinski definition) is 1. The molecule has 2 heterocycles. The Hall–Kier alpha value is -1.61. The van der Waals surface area contributed by atoms with E-state index < -0.39 is 0 Å². The molecule has 1 aliphatic rings. The first-order valence-electron chi connectivity index (χ1n) is 6.66. The van der Waals surface area contributed by atoms with Crippen molar-refractivity contribution in [3.63, 3.8) is 0 Å². The second-order valence-electron chi connectivity index (χ2n) is 4.96. The molecule has 0 unspecified atom stereocenters. The van der Waals surface area contributed by atoms with Crippen LogP contribution in [0.4, 0.5) is 0 Å². The molecule has 1 aromatic heterocycles. The lowest BCUT2D eigenvalue weighted by Gasteiger charge is -2.27. The van der Waals surface area contributed by atoms with Crippen LogP contribution in [0.5, 0.6) is 0 Å². The summed E-state index contributed by atoms with van der Waals surface area (Å²) < 4.78 is 2.39. The number of aryl methyl sites for hydroxylation is 1. The molecule has 3 nitrogen and oxygen atoms in total. The van der Waals surface area contributed by atoms with Crippen molar-refractivity contribution >= 4 is 0 Å². The number of benzene rings is 1. The molecule has 0 spiro atoms. The van der Waals surface area contributed by atoms with Gasteiger partial charge in [0.05, 0.1) is 0 Å². The van der Waals surface area contributed by atoms with Gasteiger partial charge in [0.1, 0.15) is 5.82 Å². The zero-order chi connectivity index (χ0) is 12.4. The molecule has 1 N–H and O–H groups in total. The molecule has 1 fully saturated rings. The van der Waals surface area contributed by atoms with E-state index in [1.165, 1.54) is 24.1 Å². The van der Waals surface area contributed by atoms with Crippen molar-refractivity contribution in [2.75, 3.05) is 13.1 Å². The second-order valence-corrected chi connectivity index (χ2v) is 4.96. The Morgan fingerprint density at radius 3 is 2.83 bits per heavy atom. The van der Waals surface area contributed by atoms with Crippen LogP contribution in [0.2, 0.25) is 0 Å². The van der Waals surface area contributed by atoms with Crippen molar-refractivity contribution in [3.8, 4) is 11.4 Å². The molecule has 3 heteroatoms. The van der Waals surface area contributed by atoms with E-state index in [1.54, 1.807) is 0 Å². The largest absolute Gasteiger partial charge is 0.324 e. The number of piperidine rings is 1. The summed E-state index contributed by atoms with van der Waals surface area (Å²) in [5.41, 5.74) is 2.46. The molecule has 1 aromatic carbocycles. The van der Waals surface area contributed by atoms with Crippen molar-refractivity contribution in [2.24, 2.45) is 0 Å². The van der Waals surface area contributed by atoms with Crippen LogP contribution in [0.1, 0.15) is 24.6 Å². The highest BCUT2D eigenvalue weighted by atomic mass is 15.1. The lowest BCUT2D eigenvalue weighted by molar-refractivity contribution is 0.370. The van der Waals surface area contributed by atoms with Gasteiger partial charge in [-0.05, 0) is 26.3 Å². The SMILES string of the molecule is Cc1cnc(-c2ccccc2)n1[C@@H]1CCCNC1. The monoisotopic (exact) mass is 241 g/mol. The highest BCUT2D eigenvalue weighted by Gasteiger charge is 2.20. The van der Waals surface area contributed by atoms with Gasteiger partial charge in [-0.2, -0.15) is 0 Å². The smallest absolute Gasteiger partial charge is 0.140 e. The van der Waals surface area contributed by atoms with Gasteiger partial charge in [0.15, 0.2) is 0 Å². The highest BCUT2D eigenvalue weighted by Crippen LogP contribution is 2.26. The lowest BCUT2D eigenvalue weighted by atomic mass is 10.1. The van der Waals surface area contributed by atoms with Crippen LogP contribution in [0.3, 0.4) is 0 Å². The molecule has 0 saturated carbocycles. The van der Waals surface area contributed by atoms with Gasteiger partial charge in [-0.25, -0.2) is 4.98 Å². The molecule has 0 aliphatic carbocycles. The third kappa shape index (κ3) is 2.06. The molecule has 1 saturated heterocycles. The normalized spacial score (nSPS) is 19.9. The first-order chi connectivity index (χ1) is 8.86. The molecule has 94 valence electrons. The number of hydrogen-bond acceptors (Lipinski definition) is 2. The van der Waals surface area contributed by atoms with E-state index in [4.69, 9.17) is 0 Å². The highest BCUT2D eigenvalue weighted by molar-refractivity contribution is 5.56. The number of nitrogens with zero attached hydrogens (tertiary/aromatic N) is 2. The topological polar surface area (TPSA) is 29.9 Å². The third-order valence-corrected chi connectivity index (χ3v) is 3.65. The molecule has 2 aromatic rings. The first kappa shape index (κ1) is 11.5. The second kappa shape index (κ2) is 4.94. The summed E-state index contributed by atoms with van der Waals surface area (Å²) in [4.78, 5) is 4.60. The van der Waals surface area contributed by atoms with E-state index in [2.05, 4.69) is 46.1 Å². The van der Waals surface area contributed by atoms with E-state index in [9.17, 15) is 0 Å². The molecular weight excluding hydrogens is 222 g/mol. The minimum absolute atomic E-state index is 0.538. The number of imidazole rings is 1. The summed E-state index contributed by atoms with van der Waals surface area (Å²) in [7, 11) is 0. The van der Waals surface area contributed by atoms with Crippen LogP contribution < -0.4 is 5.32 Å². The van der Waals surface area contributed by atoms with E-state index >= 15 is 0 Å². The average Bonchev–Trinajstić information content (AvgIpc) is 2.83. The predicted molar refractivity (Wildman–Crippen MR) is 73.5 cm³/mol. The molecule has 3 rings (SSSR count). The predicted octanol–water partition coefficient (Wildman–Crippen LogP) is 2.78. The Morgan fingerprint density at radius 1 is 1.28 bits per heavy atom. The number of aromatic nitrogens is 2. The van der Waals surface area contributed by atoms with Gasteiger partial charge in [-0.3, -0.25) is 0 Å². The summed E-state index contributed by atoms with van der Waals surface area (Å²) in [6.45, 7) is 4.34. The van der Waals surface area contributed by atoms with E-state index in [1.807, 2.05) is 12.3 Å². The van der Waals surface area contributed by atoms with Crippen LogP contribution >= 0.6 is 0 Å². The molecule has 0 radical (unpaired) electrons. The maximum Gasteiger partial charge on any atom is 0.140 e. The first-order valence-corrected chi connectivity index (χ1v) is 6.66. The molecule has 1 aliphatic heterocycles. The van der Waals surface area contributed by atoms with Gasteiger partial charge in [-0.1, -0.05) is 30.3 Å². The Balaban J connectivity index is 2.01. The Bertz CT molecular complexity index is 510. The van der Waals surface area contributed by atoms with Crippen molar-refractivity contribution in [1.82, 2.24) is 14.9 Å². The average molecular weight is 241 g/mol. The maximum atomic E-state index is 4.60. The minimum Gasteiger partial charge on any atom is -0.324 e. The van der Waals surface area contributed by atoms with E-state index in [-0.39, 0.29) is 0 Å². The van der Waals surface area contributed by atoms with E-state index in [0.29, 0.717) is 6.04 Å². The van der Waals surface area contributed by atoms with Gasteiger partial charge in [-0.15, -0.1) is 0 Å². The summed E-state index contributed by atoms with van der Waals surface area (Å²) in [6.07, 6.45) is 4.47. The summed E-state index contributed by atoms with van der Waals surface area (Å²) in [6, 6.07) is 11.0. The van der Waals surface area contributed by atoms with Gasteiger partial charge in [0, 0.05) is 30.0 Å². The maximum absolute atomic E-state index is 4.60. The van der Waals surface area contributed by atoms with Crippen molar-refractivity contribution in [1.29, 1.82) is 0 Å². The van der Waals surface area contributed by atoms with Crippen LogP contribution in [0.25, 0.3) is 11.4 Å². The molecule has 0 bridgehead atoms. The quantitative estimate of drug-likeness (QED) is 0.876. The standard InChI is InChI=1S/C15H19N3/c1-12-10-17-15(13-6-3-2-4-7-13)18(12)14-8-5-9-16-11-14/h2-4,6-7,10,14,16H,5,8-9,11H2,1H3/t14-/m1/s1. The van der Waals surface area contributed by atoms with Gasteiger partial charge in [0.2, 0.25) is 0 Å². The fourth-order valence-corrected chi connectivity index (χ4v) is 2.76. The minimum atomic E-state index is 0.538. The fraction of sp³-hybridized carbons (Fsp3) is 0.400. The number of nitrogens with one attached hydrogen (secondary N) is 1.